The normalized spacial score (nSPS) is 16.6. The average Bonchev–Trinajstić information content (AvgIpc) is 3.92. The van der Waals surface area contributed by atoms with Crippen LogP contribution < -0.4 is 4.74 Å². The lowest BCUT2D eigenvalue weighted by Crippen LogP contribution is -2.31. The quantitative estimate of drug-likeness (QED) is 0.0917. The standard InChI is InChI=1S/C46H46ClN7O8S2/c1-28-42-38-18-17-35(47)44(42)43-29(2)53(41-16-9-10-20-62-41)49-36(43)26-51(64(58,59)40-15-8-7-14-37(40)54(56)57)25-31-23-32(50(3)48-31)27-63-33-22-30-12-5-6-13-34(30)39(24-33)61-21-11-19-52(38)45(28)46(55)60-4/h5-8,12-15,17-18,22-24,41H,9-11,16,19-21,25-27H2,1-4H3. The summed E-state index contributed by atoms with van der Waals surface area (Å²) < 4.78 is 54.9. The van der Waals surface area contributed by atoms with Crippen molar-refractivity contribution in [2.75, 3.05) is 20.3 Å². The van der Waals surface area contributed by atoms with Gasteiger partial charge in [-0.05, 0) is 86.9 Å². The minimum atomic E-state index is -4.62. The van der Waals surface area contributed by atoms with Gasteiger partial charge < -0.3 is 18.8 Å². The van der Waals surface area contributed by atoms with Gasteiger partial charge in [-0.3, -0.25) is 14.8 Å². The maximum atomic E-state index is 15.0. The highest BCUT2D eigenvalue weighted by molar-refractivity contribution is 7.98. The summed E-state index contributed by atoms with van der Waals surface area (Å²) in [5, 5.41) is 25.3. The number of nitrogens with zero attached hydrogens (tertiary/aromatic N) is 7. The number of methoxy groups -OCH3 is 1. The molecule has 2 aliphatic heterocycles. The van der Waals surface area contributed by atoms with Crippen LogP contribution in [0.5, 0.6) is 5.75 Å². The average molecular weight is 925 g/mol. The van der Waals surface area contributed by atoms with Gasteiger partial charge in [-0.1, -0.05) is 48.0 Å². The zero-order chi connectivity index (χ0) is 44.9. The number of aryl methyl sites for hydroxylation is 3. The van der Waals surface area contributed by atoms with Gasteiger partial charge in [0, 0.05) is 80.7 Å². The van der Waals surface area contributed by atoms with Crippen LogP contribution in [-0.4, -0.2) is 68.1 Å². The minimum Gasteiger partial charge on any atom is -0.493 e. The number of esters is 1. The Morgan fingerprint density at radius 2 is 1.77 bits per heavy atom. The van der Waals surface area contributed by atoms with Crippen molar-refractivity contribution < 1.29 is 32.3 Å². The Morgan fingerprint density at radius 3 is 2.55 bits per heavy atom. The molecule has 0 N–H and O–H groups in total. The molecule has 9 rings (SSSR count). The second-order valence-electron chi connectivity index (χ2n) is 16.0. The van der Waals surface area contributed by atoms with Crippen molar-refractivity contribution in [1.82, 2.24) is 28.4 Å². The van der Waals surface area contributed by atoms with Crippen molar-refractivity contribution in [3.8, 4) is 16.9 Å². The molecule has 4 aromatic carbocycles. The van der Waals surface area contributed by atoms with Crippen molar-refractivity contribution in [3.63, 3.8) is 0 Å². The van der Waals surface area contributed by atoms with Crippen LogP contribution in [0.15, 0.2) is 88.7 Å². The van der Waals surface area contributed by atoms with E-state index in [-0.39, 0.29) is 13.1 Å². The van der Waals surface area contributed by atoms with Crippen LogP contribution >= 0.6 is 23.4 Å². The molecular weight excluding hydrogens is 878 g/mol. The van der Waals surface area contributed by atoms with Crippen molar-refractivity contribution in [3.05, 3.63) is 128 Å². The van der Waals surface area contributed by atoms with Gasteiger partial charge >= 0.3 is 5.97 Å². The van der Waals surface area contributed by atoms with Crippen LogP contribution in [0.2, 0.25) is 5.02 Å². The molecular formula is C46H46ClN7O8S2. The predicted octanol–water partition coefficient (Wildman–Crippen LogP) is 9.52. The molecule has 5 heterocycles. The van der Waals surface area contributed by atoms with E-state index in [1.165, 1.54) is 35.7 Å². The van der Waals surface area contributed by atoms with Gasteiger partial charge in [-0.15, -0.1) is 11.8 Å². The maximum absolute atomic E-state index is 15.0. The van der Waals surface area contributed by atoms with Gasteiger partial charge in [0.15, 0.2) is 4.90 Å². The first-order valence-corrected chi connectivity index (χ1v) is 23.8. The summed E-state index contributed by atoms with van der Waals surface area (Å²) >= 11 is 8.87. The molecule has 7 aromatic rings. The monoisotopic (exact) mass is 923 g/mol. The number of benzene rings is 4. The summed E-state index contributed by atoms with van der Waals surface area (Å²) in [6, 6.07) is 23.0. The van der Waals surface area contributed by atoms with Crippen molar-refractivity contribution in [2.45, 2.75) is 80.9 Å². The number of nitro benzene ring substituents is 1. The molecule has 15 nitrogen and oxygen atoms in total. The van der Waals surface area contributed by atoms with Gasteiger partial charge in [0.25, 0.3) is 15.7 Å². The number of hydrogen-bond donors (Lipinski definition) is 0. The van der Waals surface area contributed by atoms with E-state index in [9.17, 15) is 14.9 Å². The lowest BCUT2D eigenvalue weighted by atomic mass is 9.96. The summed E-state index contributed by atoms with van der Waals surface area (Å²) in [5.74, 6) is 0.702. The Balaban J connectivity index is 1.28. The van der Waals surface area contributed by atoms with Gasteiger partial charge in [0.05, 0.1) is 43.1 Å². The van der Waals surface area contributed by atoms with Gasteiger partial charge in [-0.25, -0.2) is 17.9 Å². The number of aromatic nitrogens is 5. The molecule has 1 fully saturated rings. The molecule has 8 bridgehead atoms. The number of thioether (sulfide) groups is 1. The van der Waals surface area contributed by atoms with Crippen molar-refractivity contribution in [1.29, 1.82) is 0 Å². The third-order valence-electron chi connectivity index (χ3n) is 12.0. The molecule has 0 amide bonds. The molecule has 1 atom stereocenters. The second-order valence-corrected chi connectivity index (χ2v) is 19.4. The van der Waals surface area contributed by atoms with E-state index in [1.807, 2.05) is 60.9 Å². The first kappa shape index (κ1) is 43.5. The third kappa shape index (κ3) is 7.93. The Morgan fingerprint density at radius 1 is 0.969 bits per heavy atom. The molecule has 0 radical (unpaired) electrons. The fourth-order valence-corrected chi connectivity index (χ4v) is 11.8. The summed E-state index contributed by atoms with van der Waals surface area (Å²) in [6.07, 6.45) is 2.56. The van der Waals surface area contributed by atoms with Crippen LogP contribution in [0.3, 0.4) is 0 Å². The highest BCUT2D eigenvalue weighted by Gasteiger charge is 2.36. The molecule has 18 heteroatoms. The molecule has 2 aliphatic rings. The van der Waals surface area contributed by atoms with E-state index < -0.39 is 37.7 Å². The van der Waals surface area contributed by atoms with Crippen LogP contribution in [0.25, 0.3) is 32.8 Å². The lowest BCUT2D eigenvalue weighted by molar-refractivity contribution is -0.387. The van der Waals surface area contributed by atoms with Crippen LogP contribution in [0, 0.1) is 24.0 Å². The van der Waals surface area contributed by atoms with Crippen LogP contribution in [0.1, 0.15) is 70.7 Å². The van der Waals surface area contributed by atoms with Gasteiger partial charge in [0.1, 0.15) is 17.7 Å². The number of nitro groups is 1. The van der Waals surface area contributed by atoms with Crippen LogP contribution in [0.4, 0.5) is 5.69 Å². The number of carbonyl (C=O) groups is 1. The molecule has 64 heavy (non-hydrogen) atoms. The first-order valence-electron chi connectivity index (χ1n) is 21.0. The zero-order valence-corrected chi connectivity index (χ0v) is 38.1. The number of ether oxygens (including phenoxy) is 3. The number of rotatable bonds is 5. The van der Waals surface area contributed by atoms with Crippen molar-refractivity contribution in [2.24, 2.45) is 7.05 Å². The van der Waals surface area contributed by atoms with E-state index in [2.05, 4.69) is 6.07 Å². The fourth-order valence-electron chi connectivity index (χ4n) is 9.00. The Labute approximate surface area is 379 Å². The van der Waals surface area contributed by atoms with Gasteiger partial charge in [0.2, 0.25) is 0 Å². The van der Waals surface area contributed by atoms with E-state index in [0.717, 1.165) is 40.0 Å². The SMILES string of the molecule is COC(=O)c1c(C)c2c3c(Cl)ccc2n1CCCOc1cc(cc2ccccc12)SCc1cc(nn1C)CN(S(=O)(=O)c1ccccc1[N+](=O)[O-])Cc1nn(C2CCCCO2)c(C)c1-3. The molecule has 1 saturated heterocycles. The Hall–Kier alpha value is -5.72. The molecule has 3 aromatic heterocycles. The first-order chi connectivity index (χ1) is 30.8. The van der Waals surface area contributed by atoms with E-state index in [4.69, 9.17) is 36.0 Å². The number of sulfonamides is 1. The summed E-state index contributed by atoms with van der Waals surface area (Å²) in [4.78, 5) is 25.9. The number of fused-ring (bicyclic) bond motifs is 8. The highest BCUT2D eigenvalue weighted by atomic mass is 35.5. The lowest BCUT2D eigenvalue weighted by Gasteiger charge is -2.24. The third-order valence-corrected chi connectivity index (χ3v) is 15.2. The molecule has 0 saturated carbocycles. The van der Waals surface area contributed by atoms with Crippen molar-refractivity contribution >= 4 is 66.7 Å². The summed E-state index contributed by atoms with van der Waals surface area (Å²) in [6.45, 7) is 4.46. The summed E-state index contributed by atoms with van der Waals surface area (Å²) in [5.41, 5.74) is 4.51. The second kappa shape index (κ2) is 17.7. The molecule has 1 unspecified atom stereocenters. The Bertz CT molecular complexity index is 3080. The zero-order valence-electron chi connectivity index (χ0n) is 35.7. The maximum Gasteiger partial charge on any atom is 0.354 e. The molecule has 332 valence electrons. The Kier molecular flexibility index (Phi) is 12.0. The smallest absolute Gasteiger partial charge is 0.354 e. The number of para-hydroxylation sites is 1. The van der Waals surface area contributed by atoms with E-state index in [0.29, 0.717) is 93.7 Å². The minimum absolute atomic E-state index is 0.244. The number of halogens is 1. The molecule has 0 aliphatic carbocycles. The number of hydrogen-bond acceptors (Lipinski definition) is 11. The van der Waals surface area contributed by atoms with E-state index >= 15 is 8.42 Å². The fraction of sp³-hybridized carbons (Fsp3) is 0.326. The van der Waals surface area contributed by atoms with E-state index in [1.54, 1.807) is 34.2 Å². The number of carbonyl (C=O) groups excluding carboxylic acids is 1. The topological polar surface area (TPSA) is 166 Å². The van der Waals surface area contributed by atoms with Crippen LogP contribution in [-0.2, 0) is 51.9 Å². The highest BCUT2D eigenvalue weighted by Crippen LogP contribution is 2.45. The summed E-state index contributed by atoms with van der Waals surface area (Å²) in [7, 11) is -1.47. The predicted molar refractivity (Wildman–Crippen MR) is 244 cm³/mol. The van der Waals surface area contributed by atoms with Gasteiger partial charge in [-0.2, -0.15) is 14.5 Å². The largest absolute Gasteiger partial charge is 0.493 e. The molecule has 0 spiro atoms.